The van der Waals surface area contributed by atoms with Gasteiger partial charge in [0.25, 0.3) is 0 Å². The predicted octanol–water partition coefficient (Wildman–Crippen LogP) is 2.66. The van der Waals surface area contributed by atoms with Crippen LogP contribution in [0.1, 0.15) is 50.2 Å². The minimum Gasteiger partial charge on any atom is -0.352 e. The smallest absolute Gasteiger partial charge is 0.230 e. The van der Waals surface area contributed by atoms with E-state index in [-0.39, 0.29) is 17.4 Å². The molecule has 3 N–H and O–H groups in total. The van der Waals surface area contributed by atoms with Crippen molar-refractivity contribution in [3.63, 3.8) is 0 Å². The highest BCUT2D eigenvalue weighted by Gasteiger charge is 2.42. The summed E-state index contributed by atoms with van der Waals surface area (Å²) in [6, 6.07) is 8.33. The molecule has 1 aromatic carbocycles. The summed E-state index contributed by atoms with van der Waals surface area (Å²) in [5.41, 5.74) is 7.70. The second-order valence-corrected chi connectivity index (χ2v) is 6.07. The third-order valence-electron chi connectivity index (χ3n) is 4.53. The molecule has 1 aliphatic carbocycles. The lowest BCUT2D eigenvalue weighted by Crippen LogP contribution is -2.50. The molecular formula is C17H26N2O. The number of aryl methyl sites for hydroxylation is 1. The van der Waals surface area contributed by atoms with E-state index in [0.717, 1.165) is 25.7 Å². The van der Waals surface area contributed by atoms with E-state index < -0.39 is 0 Å². The van der Waals surface area contributed by atoms with E-state index in [1.165, 1.54) is 17.5 Å². The number of benzene rings is 1. The van der Waals surface area contributed by atoms with E-state index in [1.807, 2.05) is 19.1 Å². The number of hydrogen-bond acceptors (Lipinski definition) is 2. The molecule has 1 aromatic rings. The zero-order valence-corrected chi connectivity index (χ0v) is 12.6. The molecule has 110 valence electrons. The summed E-state index contributed by atoms with van der Waals surface area (Å²) in [5.74, 6) is 0.157. The van der Waals surface area contributed by atoms with Gasteiger partial charge in [0.2, 0.25) is 5.91 Å². The fraction of sp³-hybridized carbons (Fsp3) is 0.588. The predicted molar refractivity (Wildman–Crippen MR) is 82.6 cm³/mol. The van der Waals surface area contributed by atoms with Gasteiger partial charge < -0.3 is 11.1 Å². The second kappa shape index (κ2) is 6.40. The summed E-state index contributed by atoms with van der Waals surface area (Å²) in [6.45, 7) is 4.55. The van der Waals surface area contributed by atoms with Crippen molar-refractivity contribution in [2.75, 3.05) is 6.54 Å². The Balaban J connectivity index is 2.35. The van der Waals surface area contributed by atoms with Crippen LogP contribution in [0.5, 0.6) is 0 Å². The minimum atomic E-state index is -0.354. The Kier molecular flexibility index (Phi) is 4.81. The lowest BCUT2D eigenvalue weighted by molar-refractivity contribution is -0.128. The average molecular weight is 274 g/mol. The molecule has 3 heteroatoms. The van der Waals surface area contributed by atoms with E-state index in [9.17, 15) is 4.79 Å². The lowest BCUT2D eigenvalue weighted by Gasteiger charge is -2.38. The Morgan fingerprint density at radius 1 is 1.30 bits per heavy atom. The van der Waals surface area contributed by atoms with E-state index >= 15 is 0 Å². The maximum absolute atomic E-state index is 12.9. The molecule has 1 amide bonds. The molecule has 0 heterocycles. The van der Waals surface area contributed by atoms with Gasteiger partial charge in [-0.3, -0.25) is 4.79 Å². The van der Waals surface area contributed by atoms with Crippen LogP contribution in [0.3, 0.4) is 0 Å². The van der Waals surface area contributed by atoms with Crippen LogP contribution in [0.25, 0.3) is 0 Å². The Morgan fingerprint density at radius 3 is 2.55 bits per heavy atom. The highest BCUT2D eigenvalue weighted by molar-refractivity contribution is 5.89. The van der Waals surface area contributed by atoms with Crippen LogP contribution in [0.4, 0.5) is 0 Å². The molecule has 1 aliphatic rings. The highest BCUT2D eigenvalue weighted by Crippen LogP contribution is 2.41. The molecule has 0 saturated heterocycles. The largest absolute Gasteiger partial charge is 0.352 e. The second-order valence-electron chi connectivity index (χ2n) is 6.07. The van der Waals surface area contributed by atoms with Gasteiger partial charge in [-0.1, -0.05) is 43.5 Å². The molecule has 2 rings (SSSR count). The molecule has 3 nitrogen and oxygen atoms in total. The van der Waals surface area contributed by atoms with E-state index in [0.29, 0.717) is 6.54 Å². The summed E-state index contributed by atoms with van der Waals surface area (Å²) in [6.07, 6.45) is 5.37. The van der Waals surface area contributed by atoms with Crippen molar-refractivity contribution >= 4 is 5.91 Å². The van der Waals surface area contributed by atoms with Crippen LogP contribution >= 0.6 is 0 Å². The zero-order chi connectivity index (χ0) is 14.6. The normalized spacial score (nSPS) is 19.4. The first-order chi connectivity index (χ1) is 9.60. The Labute approximate surface area is 121 Å². The van der Waals surface area contributed by atoms with Gasteiger partial charge in [-0.15, -0.1) is 0 Å². The van der Waals surface area contributed by atoms with Crippen LogP contribution in [-0.2, 0) is 10.2 Å². The molecule has 1 atom stereocenters. The third-order valence-corrected chi connectivity index (χ3v) is 4.53. The van der Waals surface area contributed by atoms with Crippen molar-refractivity contribution in [1.82, 2.24) is 5.32 Å². The summed E-state index contributed by atoms with van der Waals surface area (Å²) in [7, 11) is 0. The fourth-order valence-electron chi connectivity index (χ4n) is 3.30. The summed E-state index contributed by atoms with van der Waals surface area (Å²) in [5, 5.41) is 3.10. The monoisotopic (exact) mass is 274 g/mol. The first-order valence-corrected chi connectivity index (χ1v) is 7.67. The zero-order valence-electron chi connectivity index (χ0n) is 12.6. The van der Waals surface area contributed by atoms with Crippen molar-refractivity contribution in [3.05, 3.63) is 35.4 Å². The number of amides is 1. The maximum Gasteiger partial charge on any atom is 0.230 e. The van der Waals surface area contributed by atoms with Gasteiger partial charge >= 0.3 is 0 Å². The van der Waals surface area contributed by atoms with Crippen molar-refractivity contribution in [3.8, 4) is 0 Å². The summed E-state index contributed by atoms with van der Waals surface area (Å²) >= 11 is 0. The molecular weight excluding hydrogens is 248 g/mol. The van der Waals surface area contributed by atoms with Crippen molar-refractivity contribution in [2.24, 2.45) is 5.73 Å². The number of nitrogens with two attached hydrogens (primary N) is 1. The van der Waals surface area contributed by atoms with Crippen molar-refractivity contribution < 1.29 is 4.79 Å². The van der Waals surface area contributed by atoms with Crippen molar-refractivity contribution in [1.29, 1.82) is 0 Å². The number of carbonyl (C=O) groups is 1. The first kappa shape index (κ1) is 15.0. The Morgan fingerprint density at radius 2 is 1.95 bits per heavy atom. The van der Waals surface area contributed by atoms with Gasteiger partial charge in [-0.05, 0) is 37.8 Å². The molecule has 0 aromatic heterocycles. The summed E-state index contributed by atoms with van der Waals surface area (Å²) in [4.78, 5) is 12.9. The number of carbonyl (C=O) groups excluding carboxylic acids is 1. The topological polar surface area (TPSA) is 55.1 Å². The molecule has 0 radical (unpaired) electrons. The van der Waals surface area contributed by atoms with E-state index in [4.69, 9.17) is 5.73 Å². The lowest BCUT2D eigenvalue weighted by atomic mass is 9.67. The fourth-order valence-corrected chi connectivity index (χ4v) is 3.30. The van der Waals surface area contributed by atoms with Gasteiger partial charge in [0, 0.05) is 12.6 Å². The summed E-state index contributed by atoms with van der Waals surface area (Å²) < 4.78 is 0. The molecule has 1 saturated carbocycles. The first-order valence-electron chi connectivity index (χ1n) is 7.67. The van der Waals surface area contributed by atoms with Crippen molar-refractivity contribution in [2.45, 2.75) is 57.4 Å². The van der Waals surface area contributed by atoms with Gasteiger partial charge in [0.1, 0.15) is 0 Å². The average Bonchev–Trinajstić information content (AvgIpc) is 2.48. The Bertz CT molecular complexity index is 464. The molecule has 0 spiro atoms. The van der Waals surface area contributed by atoms with Gasteiger partial charge in [0.05, 0.1) is 5.41 Å². The van der Waals surface area contributed by atoms with E-state index in [1.54, 1.807) is 0 Å². The van der Waals surface area contributed by atoms with Crippen LogP contribution in [0.15, 0.2) is 24.3 Å². The number of hydrogen-bond donors (Lipinski definition) is 2. The third kappa shape index (κ3) is 2.88. The van der Waals surface area contributed by atoms with Crippen LogP contribution in [0, 0.1) is 6.92 Å². The molecule has 1 fully saturated rings. The van der Waals surface area contributed by atoms with Gasteiger partial charge in [-0.25, -0.2) is 0 Å². The Hall–Kier alpha value is -1.35. The van der Waals surface area contributed by atoms with Gasteiger partial charge in [0.15, 0.2) is 0 Å². The molecule has 20 heavy (non-hydrogen) atoms. The SMILES string of the molecule is Cc1ccccc1C1(C(=O)N[C@@H](C)CN)CCCCC1. The number of nitrogens with one attached hydrogen (secondary N) is 1. The minimum absolute atomic E-state index is 0.0327. The maximum atomic E-state index is 12.9. The molecule has 0 unspecified atom stereocenters. The van der Waals surface area contributed by atoms with Crippen LogP contribution in [0.2, 0.25) is 0 Å². The molecule has 0 aliphatic heterocycles. The van der Waals surface area contributed by atoms with Crippen LogP contribution in [-0.4, -0.2) is 18.5 Å². The van der Waals surface area contributed by atoms with E-state index in [2.05, 4.69) is 24.4 Å². The van der Waals surface area contributed by atoms with Crippen LogP contribution < -0.4 is 11.1 Å². The highest BCUT2D eigenvalue weighted by atomic mass is 16.2. The standard InChI is InChI=1S/C17H26N2O/c1-13-8-4-5-9-15(13)17(10-6-3-7-11-17)16(20)19-14(2)12-18/h4-5,8-9,14H,3,6-7,10-12,18H2,1-2H3,(H,19,20)/t14-/m0/s1. The number of rotatable bonds is 4. The van der Waals surface area contributed by atoms with Gasteiger partial charge in [-0.2, -0.15) is 0 Å². The molecule has 0 bridgehead atoms. The quantitative estimate of drug-likeness (QED) is 0.887.